The fourth-order valence-corrected chi connectivity index (χ4v) is 6.18. The molecule has 1 aliphatic rings. The van der Waals surface area contributed by atoms with E-state index in [2.05, 4.69) is 27.7 Å². The van der Waals surface area contributed by atoms with Crippen molar-refractivity contribution >= 4 is 10.0 Å². The molecule has 1 fully saturated rings. The van der Waals surface area contributed by atoms with Crippen LogP contribution in [0.3, 0.4) is 0 Å². The maximum absolute atomic E-state index is 2.43. The molecule has 14 heavy (non-hydrogen) atoms. The van der Waals surface area contributed by atoms with E-state index in [9.17, 15) is 0 Å². The molecule has 0 saturated heterocycles. The molecule has 0 aromatic carbocycles. The topological polar surface area (TPSA) is 0 Å². The third-order valence-corrected chi connectivity index (χ3v) is 9.08. The van der Waals surface area contributed by atoms with Crippen LogP contribution < -0.4 is 0 Å². The summed E-state index contributed by atoms with van der Waals surface area (Å²) in [5.74, 6) is 8.07. The Kier molecular flexibility index (Phi) is 4.82. The van der Waals surface area contributed by atoms with Crippen molar-refractivity contribution in [1.29, 1.82) is 0 Å². The average molecular weight is 216 g/mol. The Bertz CT molecular complexity index is 152. The summed E-state index contributed by atoms with van der Waals surface area (Å²) in [7, 11) is -0.217. The van der Waals surface area contributed by atoms with Crippen molar-refractivity contribution in [3.05, 3.63) is 0 Å². The van der Waals surface area contributed by atoms with Gasteiger partial charge in [0.25, 0.3) is 0 Å². The zero-order valence-electron chi connectivity index (χ0n) is 10.5. The van der Waals surface area contributed by atoms with Crippen molar-refractivity contribution < 1.29 is 0 Å². The van der Waals surface area contributed by atoms with Crippen LogP contribution in [0.2, 0.25) is 0 Å². The zero-order valence-corrected chi connectivity index (χ0v) is 11.3. The molecule has 1 saturated carbocycles. The summed E-state index contributed by atoms with van der Waals surface area (Å²) in [6.07, 6.45) is 4.54. The molecule has 0 nitrogen and oxygen atoms in total. The summed E-state index contributed by atoms with van der Waals surface area (Å²) in [5, 5.41) is 0. The molecule has 2 atom stereocenters. The molecule has 0 aromatic rings. The lowest BCUT2D eigenvalue weighted by Crippen LogP contribution is -2.18. The molecule has 0 amide bonds. The number of hydrogen-bond acceptors (Lipinski definition) is 0. The van der Waals surface area contributed by atoms with Gasteiger partial charge in [0.2, 0.25) is 0 Å². The molecule has 1 heteroatoms. The van der Waals surface area contributed by atoms with E-state index in [1.807, 2.05) is 0 Å². The number of rotatable bonds is 5. The minimum atomic E-state index is -0.217. The third kappa shape index (κ3) is 2.92. The minimum Gasteiger partial charge on any atom is -0.241 e. The lowest BCUT2D eigenvalue weighted by Gasteiger charge is -2.39. The maximum Gasteiger partial charge on any atom is -0.0199 e. The Morgan fingerprint density at radius 1 is 1.00 bits per heavy atom. The quantitative estimate of drug-likeness (QED) is 0.643. The summed E-state index contributed by atoms with van der Waals surface area (Å²) in [5.41, 5.74) is 0. The minimum absolute atomic E-state index is 0.217. The van der Waals surface area contributed by atoms with E-state index in [-0.39, 0.29) is 10.0 Å². The van der Waals surface area contributed by atoms with Crippen LogP contribution in [0.1, 0.15) is 47.0 Å². The van der Waals surface area contributed by atoms with Gasteiger partial charge >= 0.3 is 0 Å². The Labute approximate surface area is 92.2 Å². The smallest absolute Gasteiger partial charge is 0.0199 e. The van der Waals surface area contributed by atoms with Gasteiger partial charge < -0.3 is 0 Å². The van der Waals surface area contributed by atoms with E-state index < -0.39 is 0 Å². The van der Waals surface area contributed by atoms with Gasteiger partial charge in [-0.1, -0.05) is 34.1 Å². The first kappa shape index (κ1) is 12.4. The van der Waals surface area contributed by atoms with Gasteiger partial charge in [0.1, 0.15) is 0 Å². The molecule has 0 aromatic heterocycles. The van der Waals surface area contributed by atoms with Crippen LogP contribution in [0.15, 0.2) is 0 Å². The first-order chi connectivity index (χ1) is 6.65. The summed E-state index contributed by atoms with van der Waals surface area (Å²) in [6.45, 7) is 9.68. The molecule has 0 spiro atoms. The highest BCUT2D eigenvalue weighted by molar-refractivity contribution is 8.33. The molecule has 0 heterocycles. The largest absolute Gasteiger partial charge is 0.241 e. The summed E-state index contributed by atoms with van der Waals surface area (Å²) in [6, 6.07) is 0. The fraction of sp³-hybridized carbons (Fsp3) is 1.00. The fourth-order valence-electron chi connectivity index (χ4n) is 2.94. The predicted octanol–water partition coefficient (Wildman–Crippen LogP) is 4.29. The molecule has 1 rings (SSSR count). The van der Waals surface area contributed by atoms with Crippen molar-refractivity contribution in [3.8, 4) is 0 Å². The van der Waals surface area contributed by atoms with Gasteiger partial charge in [0.05, 0.1) is 0 Å². The first-order valence-corrected chi connectivity index (χ1v) is 8.70. The van der Waals surface area contributed by atoms with Gasteiger partial charge in [0.15, 0.2) is 0 Å². The van der Waals surface area contributed by atoms with Gasteiger partial charge in [-0.05, 0) is 47.7 Å². The molecule has 0 aliphatic heterocycles. The molecule has 0 bridgehead atoms. The Morgan fingerprint density at radius 3 is 1.93 bits per heavy atom. The molecular weight excluding hydrogens is 188 g/mol. The van der Waals surface area contributed by atoms with Gasteiger partial charge in [-0.15, -0.1) is 0 Å². The normalized spacial score (nSPS) is 29.4. The molecule has 0 radical (unpaired) electrons. The highest BCUT2D eigenvalue weighted by Gasteiger charge is 2.27. The second kappa shape index (κ2) is 5.44. The lowest BCUT2D eigenvalue weighted by molar-refractivity contribution is 0.559. The highest BCUT2D eigenvalue weighted by Crippen LogP contribution is 2.51. The summed E-state index contributed by atoms with van der Waals surface area (Å²) < 4.78 is 0. The Balaban J connectivity index is 2.47. The van der Waals surface area contributed by atoms with Gasteiger partial charge in [-0.2, -0.15) is 0 Å². The SMILES string of the molecule is CCS(CC)(CC)CC1CCC(C)C1. The van der Waals surface area contributed by atoms with Crippen LogP contribution in [0, 0.1) is 11.8 Å². The molecule has 86 valence electrons. The van der Waals surface area contributed by atoms with Gasteiger partial charge in [-0.3, -0.25) is 0 Å². The monoisotopic (exact) mass is 216 g/mol. The van der Waals surface area contributed by atoms with Crippen LogP contribution in [-0.2, 0) is 0 Å². The van der Waals surface area contributed by atoms with Gasteiger partial charge in [-0.25, -0.2) is 10.0 Å². The van der Waals surface area contributed by atoms with Crippen molar-refractivity contribution in [2.24, 2.45) is 11.8 Å². The third-order valence-electron chi connectivity index (χ3n) is 4.23. The van der Waals surface area contributed by atoms with E-state index in [1.165, 1.54) is 36.5 Å². The van der Waals surface area contributed by atoms with Crippen molar-refractivity contribution in [3.63, 3.8) is 0 Å². The van der Waals surface area contributed by atoms with Crippen LogP contribution in [0.4, 0.5) is 0 Å². The standard InChI is InChI=1S/C13H28S/c1-5-14(6-2,7-3)11-13-9-8-12(4)10-13/h12-13H,5-11H2,1-4H3. The number of hydrogen-bond donors (Lipinski definition) is 0. The summed E-state index contributed by atoms with van der Waals surface area (Å²) in [4.78, 5) is 0. The van der Waals surface area contributed by atoms with Crippen molar-refractivity contribution in [2.75, 3.05) is 23.0 Å². The maximum atomic E-state index is 2.43. The van der Waals surface area contributed by atoms with Crippen LogP contribution in [0.25, 0.3) is 0 Å². The Hall–Kier alpha value is 0.350. The second-order valence-electron chi connectivity index (χ2n) is 5.04. The average Bonchev–Trinajstić information content (AvgIpc) is 2.61. The van der Waals surface area contributed by atoms with E-state index >= 15 is 0 Å². The highest BCUT2D eigenvalue weighted by atomic mass is 32.3. The zero-order chi connectivity index (χ0) is 10.6. The van der Waals surface area contributed by atoms with Crippen LogP contribution in [0.5, 0.6) is 0 Å². The molecule has 1 aliphatic carbocycles. The molecular formula is C13H28S. The lowest BCUT2D eigenvalue weighted by atomic mass is 10.1. The van der Waals surface area contributed by atoms with E-state index in [4.69, 9.17) is 0 Å². The van der Waals surface area contributed by atoms with E-state index in [0.29, 0.717) is 0 Å². The van der Waals surface area contributed by atoms with E-state index in [0.717, 1.165) is 11.8 Å². The molecule has 0 N–H and O–H groups in total. The van der Waals surface area contributed by atoms with Gasteiger partial charge in [0, 0.05) is 0 Å². The van der Waals surface area contributed by atoms with E-state index in [1.54, 1.807) is 5.75 Å². The van der Waals surface area contributed by atoms with Crippen LogP contribution >= 0.6 is 10.0 Å². The Morgan fingerprint density at radius 2 is 1.57 bits per heavy atom. The summed E-state index contributed by atoms with van der Waals surface area (Å²) >= 11 is 0. The van der Waals surface area contributed by atoms with Crippen LogP contribution in [-0.4, -0.2) is 23.0 Å². The predicted molar refractivity (Wildman–Crippen MR) is 70.6 cm³/mol. The second-order valence-corrected chi connectivity index (χ2v) is 9.56. The first-order valence-electron chi connectivity index (χ1n) is 6.39. The van der Waals surface area contributed by atoms with Crippen molar-refractivity contribution in [2.45, 2.75) is 47.0 Å². The molecule has 2 unspecified atom stereocenters. The van der Waals surface area contributed by atoms with Crippen molar-refractivity contribution in [1.82, 2.24) is 0 Å².